The van der Waals surface area contributed by atoms with E-state index in [1.54, 1.807) is 0 Å². The van der Waals surface area contributed by atoms with E-state index in [4.69, 9.17) is 0 Å². The molecule has 5 nitrogen and oxygen atoms in total. The summed E-state index contributed by atoms with van der Waals surface area (Å²) in [5, 5.41) is 0. The van der Waals surface area contributed by atoms with Gasteiger partial charge in [-0.3, -0.25) is 19.5 Å². The van der Waals surface area contributed by atoms with E-state index in [2.05, 4.69) is 40.4 Å². The number of hydrogen-bond donors (Lipinski definition) is 0. The first-order chi connectivity index (χ1) is 10.0. The number of rotatable bonds is 1. The minimum Gasteiger partial charge on any atom is -0.320 e. The molecular formula is C16H28N4O. The summed E-state index contributed by atoms with van der Waals surface area (Å²) in [5.41, 5.74) is -0.178. The third kappa shape index (κ3) is 1.50. The van der Waals surface area contributed by atoms with Crippen molar-refractivity contribution < 1.29 is 4.79 Å². The van der Waals surface area contributed by atoms with Crippen LogP contribution in [0.4, 0.5) is 0 Å². The Kier molecular flexibility index (Phi) is 2.95. The topological polar surface area (TPSA) is 30.0 Å². The Balaban J connectivity index is 1.81. The average Bonchev–Trinajstić information content (AvgIpc) is 2.47. The van der Waals surface area contributed by atoms with Crippen LogP contribution in [0.2, 0.25) is 0 Å². The summed E-state index contributed by atoms with van der Waals surface area (Å²) < 4.78 is 0. The van der Waals surface area contributed by atoms with Gasteiger partial charge in [0, 0.05) is 45.8 Å². The van der Waals surface area contributed by atoms with Crippen molar-refractivity contribution in [3.05, 3.63) is 0 Å². The molecule has 3 atom stereocenters. The molecule has 4 fully saturated rings. The van der Waals surface area contributed by atoms with E-state index < -0.39 is 0 Å². The van der Waals surface area contributed by atoms with Gasteiger partial charge >= 0.3 is 0 Å². The number of piperazine rings is 2. The first kappa shape index (κ1) is 14.0. The predicted molar refractivity (Wildman–Crippen MR) is 81.6 cm³/mol. The molecule has 4 saturated heterocycles. The molecule has 0 bridgehead atoms. The lowest BCUT2D eigenvalue weighted by Gasteiger charge is -2.73. The summed E-state index contributed by atoms with van der Waals surface area (Å²) in [4.78, 5) is 23.1. The Morgan fingerprint density at radius 2 is 1.57 bits per heavy atom. The summed E-state index contributed by atoms with van der Waals surface area (Å²) in [6.45, 7) is 14.3. The fourth-order valence-corrected chi connectivity index (χ4v) is 5.43. The van der Waals surface area contributed by atoms with Gasteiger partial charge in [0.25, 0.3) is 0 Å². The number of hydrogen-bond acceptors (Lipinski definition) is 4. The first-order valence-corrected chi connectivity index (χ1v) is 8.60. The largest absolute Gasteiger partial charge is 0.320 e. The smallest absolute Gasteiger partial charge is 0.228 e. The molecule has 0 radical (unpaired) electrons. The van der Waals surface area contributed by atoms with Gasteiger partial charge in [-0.05, 0) is 26.7 Å². The highest BCUT2D eigenvalue weighted by molar-refractivity contribution is 5.81. The normalized spacial score (nSPS) is 44.8. The highest BCUT2D eigenvalue weighted by Gasteiger charge is 2.66. The molecule has 5 heteroatoms. The number of nitrogens with zero attached hydrogens (tertiary/aromatic N) is 4. The highest BCUT2D eigenvalue weighted by Crippen LogP contribution is 2.49. The van der Waals surface area contributed by atoms with Gasteiger partial charge in [-0.2, -0.15) is 0 Å². The van der Waals surface area contributed by atoms with Crippen LogP contribution < -0.4 is 0 Å². The van der Waals surface area contributed by atoms with Crippen molar-refractivity contribution in [1.29, 1.82) is 0 Å². The molecule has 4 aliphatic heterocycles. The Hall–Kier alpha value is -0.650. The van der Waals surface area contributed by atoms with Gasteiger partial charge < -0.3 is 4.90 Å². The van der Waals surface area contributed by atoms with Crippen LogP contribution in [0.15, 0.2) is 0 Å². The molecule has 0 aromatic heterocycles. The predicted octanol–water partition coefficient (Wildman–Crippen LogP) is 0.624. The van der Waals surface area contributed by atoms with E-state index in [1.165, 1.54) is 19.5 Å². The van der Waals surface area contributed by atoms with Gasteiger partial charge in [0.15, 0.2) is 0 Å². The minimum atomic E-state index is -0.160. The maximum Gasteiger partial charge on any atom is 0.228 e. The molecule has 4 heterocycles. The molecule has 0 saturated carbocycles. The maximum atomic E-state index is 13.0. The van der Waals surface area contributed by atoms with Crippen molar-refractivity contribution in [1.82, 2.24) is 19.6 Å². The first-order valence-electron chi connectivity index (χ1n) is 8.60. The molecular weight excluding hydrogens is 264 g/mol. The Morgan fingerprint density at radius 1 is 0.952 bits per heavy atom. The molecule has 0 N–H and O–H groups in total. The average molecular weight is 292 g/mol. The van der Waals surface area contributed by atoms with Crippen LogP contribution in [0.3, 0.4) is 0 Å². The van der Waals surface area contributed by atoms with Crippen LogP contribution in [0.1, 0.15) is 33.6 Å². The van der Waals surface area contributed by atoms with Crippen LogP contribution in [-0.2, 0) is 4.79 Å². The monoisotopic (exact) mass is 292 g/mol. The van der Waals surface area contributed by atoms with Crippen molar-refractivity contribution in [2.45, 2.75) is 44.9 Å². The van der Waals surface area contributed by atoms with Crippen molar-refractivity contribution in [3.63, 3.8) is 0 Å². The molecule has 1 unspecified atom stereocenters. The van der Waals surface area contributed by atoms with Crippen molar-refractivity contribution in [3.8, 4) is 0 Å². The number of amides is 1. The van der Waals surface area contributed by atoms with Gasteiger partial charge in [0.1, 0.15) is 11.3 Å². The van der Waals surface area contributed by atoms with Crippen LogP contribution in [0.5, 0.6) is 0 Å². The van der Waals surface area contributed by atoms with Crippen molar-refractivity contribution in [2.24, 2.45) is 5.92 Å². The second kappa shape index (κ2) is 4.43. The summed E-state index contributed by atoms with van der Waals surface area (Å²) in [6, 6.07) is 0. The van der Waals surface area contributed by atoms with Gasteiger partial charge in [0.2, 0.25) is 5.91 Å². The molecule has 21 heavy (non-hydrogen) atoms. The third-order valence-corrected chi connectivity index (χ3v) is 6.91. The standard InChI is InChI=1S/C16H28N4O/c1-4-13-12-19-9-8-17-6-5-7-18-10-11-20(14(13)21)16(19,3)15(17,18)2/h13H,4-12H2,1-3H3/t13?,15-,16+/m0/s1. The lowest BCUT2D eigenvalue weighted by atomic mass is 9.78. The fraction of sp³-hybridized carbons (Fsp3) is 0.938. The molecule has 1 amide bonds. The quantitative estimate of drug-likeness (QED) is 0.709. The van der Waals surface area contributed by atoms with E-state index in [0.717, 1.165) is 39.1 Å². The van der Waals surface area contributed by atoms with Crippen LogP contribution in [0, 0.1) is 5.92 Å². The van der Waals surface area contributed by atoms with E-state index in [-0.39, 0.29) is 17.2 Å². The molecule has 0 spiro atoms. The van der Waals surface area contributed by atoms with E-state index >= 15 is 0 Å². The van der Waals surface area contributed by atoms with Gasteiger partial charge in [0.05, 0.1) is 5.92 Å². The Labute approximate surface area is 127 Å². The van der Waals surface area contributed by atoms with Crippen LogP contribution in [-0.4, -0.2) is 82.6 Å². The highest BCUT2D eigenvalue weighted by atomic mass is 16.2. The SMILES string of the molecule is CCC1CN2CCN3CCCN4CCN(C1=O)[C@]2(C)[C@@]34C. The fourth-order valence-electron chi connectivity index (χ4n) is 5.43. The van der Waals surface area contributed by atoms with Crippen molar-refractivity contribution >= 4 is 5.91 Å². The Morgan fingerprint density at radius 3 is 2.24 bits per heavy atom. The molecule has 4 rings (SSSR count). The molecule has 118 valence electrons. The zero-order valence-corrected chi connectivity index (χ0v) is 13.6. The second-order valence-electron chi connectivity index (χ2n) is 7.41. The second-order valence-corrected chi connectivity index (χ2v) is 7.41. The van der Waals surface area contributed by atoms with E-state index in [0.29, 0.717) is 5.91 Å². The van der Waals surface area contributed by atoms with Crippen LogP contribution >= 0.6 is 0 Å². The molecule has 0 aromatic rings. The molecule has 0 aromatic carbocycles. The van der Waals surface area contributed by atoms with Gasteiger partial charge in [-0.25, -0.2) is 0 Å². The molecule has 4 aliphatic rings. The zero-order chi connectivity index (χ0) is 14.8. The lowest BCUT2D eigenvalue weighted by molar-refractivity contribution is -0.282. The van der Waals surface area contributed by atoms with E-state index in [9.17, 15) is 4.79 Å². The summed E-state index contributed by atoms with van der Waals surface area (Å²) in [6.07, 6.45) is 2.23. The number of carbonyl (C=O) groups excluding carboxylic acids is 1. The third-order valence-electron chi connectivity index (χ3n) is 6.91. The van der Waals surface area contributed by atoms with E-state index in [1.807, 2.05) is 0 Å². The minimum absolute atomic E-state index is 0.0177. The maximum absolute atomic E-state index is 13.0. The zero-order valence-electron chi connectivity index (χ0n) is 13.6. The van der Waals surface area contributed by atoms with Gasteiger partial charge in [-0.1, -0.05) is 6.92 Å². The summed E-state index contributed by atoms with van der Waals surface area (Å²) >= 11 is 0. The Bertz CT molecular complexity index is 461. The summed E-state index contributed by atoms with van der Waals surface area (Å²) in [7, 11) is 0. The number of carbonyl (C=O) groups is 1. The van der Waals surface area contributed by atoms with Crippen molar-refractivity contribution in [2.75, 3.05) is 45.8 Å². The van der Waals surface area contributed by atoms with Gasteiger partial charge in [-0.15, -0.1) is 0 Å². The van der Waals surface area contributed by atoms with Crippen LogP contribution in [0.25, 0.3) is 0 Å². The summed E-state index contributed by atoms with van der Waals surface area (Å²) in [5.74, 6) is 0.591. The lowest BCUT2D eigenvalue weighted by Crippen LogP contribution is -2.90. The molecule has 0 aliphatic carbocycles.